The molecule has 2 aromatic carbocycles. The lowest BCUT2D eigenvalue weighted by Gasteiger charge is -2.10. The Labute approximate surface area is 133 Å². The Morgan fingerprint density at radius 2 is 1.80 bits per heavy atom. The highest BCUT2D eigenvalue weighted by Crippen LogP contribution is 2.32. The number of halogens is 2. The predicted molar refractivity (Wildman–Crippen MR) is 93.3 cm³/mol. The van der Waals surface area contributed by atoms with Crippen molar-refractivity contribution in [2.45, 2.75) is 12.6 Å². The van der Waals surface area contributed by atoms with Gasteiger partial charge in [0.15, 0.2) is 0 Å². The summed E-state index contributed by atoms with van der Waals surface area (Å²) in [6.45, 7) is 4.05. The van der Waals surface area contributed by atoms with Crippen LogP contribution in [0.1, 0.15) is 16.7 Å². The normalized spacial score (nSPS) is 11.1. The van der Waals surface area contributed by atoms with Crippen LogP contribution in [0.4, 0.5) is 4.39 Å². The van der Waals surface area contributed by atoms with Gasteiger partial charge in [-0.05, 0) is 53.5 Å². The van der Waals surface area contributed by atoms with Crippen LogP contribution in [0.25, 0.3) is 5.57 Å². The van der Waals surface area contributed by atoms with Crippen molar-refractivity contribution in [3.63, 3.8) is 0 Å². The average Bonchev–Trinajstić information content (AvgIpc) is 2.43. The lowest BCUT2D eigenvalue weighted by molar-refractivity contribution is 0.473. The van der Waals surface area contributed by atoms with Crippen LogP contribution in [-0.2, 0) is 12.6 Å². The molecule has 0 saturated heterocycles. The van der Waals surface area contributed by atoms with Crippen molar-refractivity contribution in [3.05, 3.63) is 71.6 Å². The molecule has 0 fully saturated rings. The zero-order valence-electron chi connectivity index (χ0n) is 10.9. The van der Waals surface area contributed by atoms with Gasteiger partial charge in [0.05, 0.1) is 0 Å². The zero-order valence-corrected chi connectivity index (χ0v) is 14.0. The quantitative estimate of drug-likeness (QED) is 0.533. The summed E-state index contributed by atoms with van der Waals surface area (Å²) in [5.41, 5.74) is 3.80. The number of aromatic hydroxyl groups is 1. The third-order valence-corrected chi connectivity index (χ3v) is 4.73. The number of rotatable bonds is 5. The number of hydrogen-bond acceptors (Lipinski definition) is 1. The van der Waals surface area contributed by atoms with Gasteiger partial charge < -0.3 is 5.11 Å². The highest BCUT2D eigenvalue weighted by Gasteiger charge is 2.08. The minimum atomic E-state index is -0.243. The zero-order chi connectivity index (χ0) is 14.5. The second-order valence-electron chi connectivity index (χ2n) is 4.57. The fourth-order valence-electron chi connectivity index (χ4n) is 2.00. The monoisotopic (exact) mass is 400 g/mol. The molecule has 2 aromatic rings. The molecule has 0 aliphatic heterocycles. The van der Waals surface area contributed by atoms with E-state index in [1.165, 1.54) is 17.7 Å². The number of phenolic OH excluding ortho intramolecular Hbond substituents is 1. The molecule has 0 aromatic heterocycles. The van der Waals surface area contributed by atoms with Gasteiger partial charge in [-0.25, -0.2) is 4.39 Å². The maximum absolute atomic E-state index is 12.9. The summed E-state index contributed by atoms with van der Waals surface area (Å²) in [5.74, 6) is 0.00453. The third-order valence-electron chi connectivity index (χ3n) is 3.04. The second kappa shape index (κ2) is 7.19. The van der Waals surface area contributed by atoms with Crippen molar-refractivity contribution in [2.75, 3.05) is 0 Å². The van der Waals surface area contributed by atoms with E-state index in [9.17, 15) is 9.50 Å². The molecule has 1 atom stereocenters. The Balaban J connectivity index is 2.19. The summed E-state index contributed by atoms with van der Waals surface area (Å²) in [4.78, 5) is 0. The van der Waals surface area contributed by atoms with Crippen molar-refractivity contribution in [3.8, 4) is 5.75 Å². The molecule has 0 saturated carbocycles. The van der Waals surface area contributed by atoms with Gasteiger partial charge in [-0.2, -0.15) is 0 Å². The number of benzene rings is 2. The Morgan fingerprint density at radius 1 is 1.15 bits per heavy atom. The summed E-state index contributed by atoms with van der Waals surface area (Å²) in [6.07, 6.45) is 2.41. The van der Waals surface area contributed by atoms with E-state index in [2.05, 4.69) is 28.6 Å². The van der Waals surface area contributed by atoms with Crippen LogP contribution in [0.3, 0.4) is 0 Å². The van der Waals surface area contributed by atoms with Crippen LogP contribution in [0, 0.1) is 5.82 Å². The molecule has 20 heavy (non-hydrogen) atoms. The molecule has 1 unspecified atom stereocenters. The minimum absolute atomic E-state index is 0.243. The molecular weight excluding hydrogens is 385 g/mol. The summed E-state index contributed by atoms with van der Waals surface area (Å²) in [6, 6.07) is 12.0. The van der Waals surface area contributed by atoms with Gasteiger partial charge in [-0.15, -0.1) is 0 Å². The Bertz CT molecular complexity index is 610. The van der Waals surface area contributed by atoms with E-state index in [-0.39, 0.29) is 11.6 Å². The molecule has 0 bridgehead atoms. The molecule has 0 spiro atoms. The third kappa shape index (κ3) is 4.03. The Hall–Kier alpha value is -0.930. The van der Waals surface area contributed by atoms with Gasteiger partial charge in [0.2, 0.25) is 0 Å². The van der Waals surface area contributed by atoms with Crippen molar-refractivity contribution < 1.29 is 9.50 Å². The van der Waals surface area contributed by atoms with Gasteiger partial charge in [-0.3, -0.25) is 0 Å². The topological polar surface area (TPSA) is 20.2 Å². The summed E-state index contributed by atoms with van der Waals surface area (Å²) < 4.78 is 12.9. The first kappa shape index (κ1) is 15.5. The fraction of sp³-hybridized carbons (Fsp3) is 0.125. The van der Waals surface area contributed by atoms with E-state index in [1.807, 2.05) is 12.1 Å². The molecule has 0 amide bonds. The van der Waals surface area contributed by atoms with Gasteiger partial charge >= 0.3 is 0 Å². The average molecular weight is 400 g/mol. The second-order valence-corrected chi connectivity index (χ2v) is 7.48. The van der Waals surface area contributed by atoms with Crippen LogP contribution in [-0.4, -0.2) is 5.11 Å². The molecule has 4 heteroatoms. The number of hydrogen-bond donors (Lipinski definition) is 1. The van der Waals surface area contributed by atoms with Gasteiger partial charge in [0.1, 0.15) is 11.6 Å². The van der Waals surface area contributed by atoms with E-state index < -0.39 is 0 Å². The highest BCUT2D eigenvalue weighted by atomic mass is 127. The molecule has 104 valence electrons. The minimum Gasteiger partial charge on any atom is -0.507 e. The summed E-state index contributed by atoms with van der Waals surface area (Å²) >= 11 is 2.36. The van der Waals surface area contributed by atoms with Crippen molar-refractivity contribution in [1.82, 2.24) is 0 Å². The first-order valence-electron chi connectivity index (χ1n) is 6.18. The van der Waals surface area contributed by atoms with Crippen LogP contribution >= 0.6 is 28.3 Å². The van der Waals surface area contributed by atoms with Crippen molar-refractivity contribution in [1.29, 1.82) is 0 Å². The van der Waals surface area contributed by atoms with E-state index in [4.69, 9.17) is 0 Å². The molecular formula is C16H15FIOP. The summed E-state index contributed by atoms with van der Waals surface area (Å²) in [5, 5.41) is 9.98. The molecule has 0 heterocycles. The van der Waals surface area contributed by atoms with Crippen molar-refractivity contribution in [2.24, 2.45) is 0 Å². The SMILES string of the molecule is C=C(Cc1ccc(F)cc1)c1cc(CPI)ccc1O. The number of allylic oxidation sites excluding steroid dienone is 1. The fourth-order valence-corrected chi connectivity index (χ4v) is 3.69. The van der Waals surface area contributed by atoms with E-state index in [0.29, 0.717) is 6.42 Å². The standard InChI is InChI=1S/C16H15FIOP/c1-11(8-12-2-5-14(17)6-3-12)15-9-13(10-20-18)4-7-16(15)19/h2-7,9,19-20H,1,8,10H2. The molecule has 0 aliphatic carbocycles. The predicted octanol–water partition coefficient (Wildman–Crippen LogP) is 5.32. The van der Waals surface area contributed by atoms with E-state index in [1.54, 1.807) is 18.2 Å². The maximum Gasteiger partial charge on any atom is 0.123 e. The van der Waals surface area contributed by atoms with Crippen LogP contribution in [0.2, 0.25) is 0 Å². The smallest absolute Gasteiger partial charge is 0.123 e. The first-order valence-corrected chi connectivity index (χ1v) is 10.5. The summed E-state index contributed by atoms with van der Waals surface area (Å²) in [7, 11) is 0. The molecule has 1 N–H and O–H groups in total. The molecule has 2 rings (SSSR count). The first-order chi connectivity index (χ1) is 9.60. The largest absolute Gasteiger partial charge is 0.507 e. The molecule has 0 radical (unpaired) electrons. The van der Waals surface area contributed by atoms with Gasteiger partial charge in [-0.1, -0.05) is 53.0 Å². The van der Waals surface area contributed by atoms with E-state index in [0.717, 1.165) is 29.1 Å². The van der Waals surface area contributed by atoms with Crippen LogP contribution in [0.5, 0.6) is 5.75 Å². The maximum atomic E-state index is 12.9. The van der Waals surface area contributed by atoms with Crippen LogP contribution in [0.15, 0.2) is 49.0 Å². The van der Waals surface area contributed by atoms with Gasteiger partial charge in [0, 0.05) is 5.56 Å². The van der Waals surface area contributed by atoms with Crippen LogP contribution < -0.4 is 0 Å². The lowest BCUT2D eigenvalue weighted by Crippen LogP contribution is -1.92. The number of phenols is 1. The Morgan fingerprint density at radius 3 is 2.45 bits per heavy atom. The molecule has 0 aliphatic rings. The van der Waals surface area contributed by atoms with Crippen molar-refractivity contribution >= 4 is 33.8 Å². The van der Waals surface area contributed by atoms with Gasteiger partial charge in [0.25, 0.3) is 0 Å². The van der Waals surface area contributed by atoms with E-state index >= 15 is 0 Å². The highest BCUT2D eigenvalue weighted by molar-refractivity contribution is 14.2. The lowest BCUT2D eigenvalue weighted by atomic mass is 9.97. The molecule has 1 nitrogen and oxygen atoms in total. The Kier molecular flexibility index (Phi) is 5.55.